The number of hydrogen-bond donors (Lipinski definition) is 0. The van der Waals surface area contributed by atoms with Gasteiger partial charge in [-0.05, 0) is 25.7 Å². The molecule has 0 aromatic heterocycles. The zero-order valence-corrected chi connectivity index (χ0v) is 11.0. The molecule has 108 valence electrons. The van der Waals surface area contributed by atoms with Gasteiger partial charge < -0.3 is 18.9 Å². The van der Waals surface area contributed by atoms with Crippen molar-refractivity contribution in [1.82, 2.24) is 0 Å². The van der Waals surface area contributed by atoms with Gasteiger partial charge in [0.2, 0.25) is 0 Å². The molecule has 1 aliphatic heterocycles. The molecule has 0 unspecified atom stereocenters. The fourth-order valence-corrected chi connectivity index (χ4v) is 2.29. The van der Waals surface area contributed by atoms with Gasteiger partial charge >= 0.3 is 11.9 Å². The molecule has 1 saturated heterocycles. The quantitative estimate of drug-likeness (QED) is 0.565. The Morgan fingerprint density at radius 2 is 1.47 bits per heavy atom. The van der Waals surface area contributed by atoms with Crippen molar-refractivity contribution < 1.29 is 28.5 Å². The Kier molecular flexibility index (Phi) is 5.60. The molecule has 1 heterocycles. The lowest BCUT2D eigenvalue weighted by Gasteiger charge is -2.23. The molecule has 6 nitrogen and oxygen atoms in total. The van der Waals surface area contributed by atoms with Gasteiger partial charge in [-0.3, -0.25) is 9.59 Å². The molecule has 0 spiro atoms. The molecule has 2 rings (SSSR count). The highest BCUT2D eigenvalue weighted by Crippen LogP contribution is 2.20. The average molecular weight is 272 g/mol. The lowest BCUT2D eigenvalue weighted by molar-refractivity contribution is -0.185. The van der Waals surface area contributed by atoms with E-state index in [0.29, 0.717) is 13.2 Å². The highest BCUT2D eigenvalue weighted by Gasteiger charge is 2.23. The first-order valence-electron chi connectivity index (χ1n) is 6.78. The maximum atomic E-state index is 11.6. The van der Waals surface area contributed by atoms with Crippen LogP contribution >= 0.6 is 0 Å². The average Bonchev–Trinajstić information content (AvgIpc) is 2.40. The van der Waals surface area contributed by atoms with Crippen molar-refractivity contribution in [1.29, 1.82) is 0 Å². The minimum absolute atomic E-state index is 0.0320. The summed E-state index contributed by atoms with van der Waals surface area (Å²) in [5.41, 5.74) is 0. The van der Waals surface area contributed by atoms with E-state index in [1.807, 2.05) is 0 Å². The van der Waals surface area contributed by atoms with Crippen LogP contribution in [-0.2, 0) is 28.5 Å². The minimum atomic E-state index is -0.583. The molecule has 6 heteroatoms. The van der Waals surface area contributed by atoms with Crippen molar-refractivity contribution in [3.05, 3.63) is 0 Å². The van der Waals surface area contributed by atoms with Gasteiger partial charge in [-0.25, -0.2) is 0 Å². The predicted molar refractivity (Wildman–Crippen MR) is 64.2 cm³/mol. The molecule has 0 bridgehead atoms. The summed E-state index contributed by atoms with van der Waals surface area (Å²) in [6.45, 7) is 0.838. The van der Waals surface area contributed by atoms with Crippen molar-refractivity contribution in [2.45, 2.75) is 50.7 Å². The first kappa shape index (κ1) is 14.3. The van der Waals surface area contributed by atoms with E-state index in [9.17, 15) is 9.59 Å². The van der Waals surface area contributed by atoms with E-state index < -0.39 is 18.0 Å². The fourth-order valence-electron chi connectivity index (χ4n) is 2.29. The molecule has 1 saturated carbocycles. The van der Waals surface area contributed by atoms with E-state index in [1.54, 1.807) is 0 Å². The Labute approximate surface area is 112 Å². The third-order valence-corrected chi connectivity index (χ3v) is 3.21. The van der Waals surface area contributed by atoms with Crippen LogP contribution in [0.3, 0.4) is 0 Å². The molecule has 2 aliphatic rings. The number of carbonyl (C=O) groups excluding carboxylic acids is 2. The first-order valence-corrected chi connectivity index (χ1v) is 6.78. The van der Waals surface area contributed by atoms with Gasteiger partial charge in [-0.15, -0.1) is 0 Å². The van der Waals surface area contributed by atoms with Crippen LogP contribution in [0.2, 0.25) is 0 Å². The zero-order valence-electron chi connectivity index (χ0n) is 11.0. The van der Waals surface area contributed by atoms with Crippen LogP contribution in [-0.4, -0.2) is 44.2 Å². The van der Waals surface area contributed by atoms with E-state index in [1.165, 1.54) is 6.42 Å². The molecule has 0 aromatic carbocycles. The number of rotatable bonds is 4. The second kappa shape index (κ2) is 7.45. The lowest BCUT2D eigenvalue weighted by Crippen LogP contribution is -2.34. The molecule has 1 aliphatic carbocycles. The zero-order chi connectivity index (χ0) is 13.5. The highest BCUT2D eigenvalue weighted by molar-refractivity contribution is 5.91. The van der Waals surface area contributed by atoms with Crippen LogP contribution in [0.5, 0.6) is 0 Å². The smallest absolute Gasteiger partial charge is 0.317 e. The van der Waals surface area contributed by atoms with Gasteiger partial charge in [0.05, 0.1) is 13.2 Å². The Balaban J connectivity index is 1.64. The van der Waals surface area contributed by atoms with Crippen LogP contribution in [0.4, 0.5) is 0 Å². The summed E-state index contributed by atoms with van der Waals surface area (Å²) < 4.78 is 20.3. The van der Waals surface area contributed by atoms with Crippen LogP contribution in [0.15, 0.2) is 0 Å². The Hall–Kier alpha value is -1.14. The Morgan fingerprint density at radius 1 is 0.895 bits per heavy atom. The van der Waals surface area contributed by atoms with Crippen molar-refractivity contribution in [2.24, 2.45) is 0 Å². The van der Waals surface area contributed by atoms with Gasteiger partial charge in [0.25, 0.3) is 0 Å². The second-order valence-corrected chi connectivity index (χ2v) is 4.90. The van der Waals surface area contributed by atoms with Gasteiger partial charge in [0, 0.05) is 0 Å². The standard InChI is InChI=1S/C13H20O6/c14-12(18-10-4-2-1-3-5-10)6-13(15)19-11-7-16-9-17-8-11/h10-11H,1-9H2. The number of ether oxygens (including phenoxy) is 4. The number of esters is 2. The summed E-state index contributed by atoms with van der Waals surface area (Å²) in [7, 11) is 0. The topological polar surface area (TPSA) is 71.1 Å². The third-order valence-electron chi connectivity index (χ3n) is 3.21. The Bertz CT molecular complexity index is 274. The van der Waals surface area contributed by atoms with Crippen molar-refractivity contribution in [3.63, 3.8) is 0 Å². The van der Waals surface area contributed by atoms with Crippen LogP contribution in [0, 0.1) is 0 Å². The van der Waals surface area contributed by atoms with E-state index >= 15 is 0 Å². The maximum absolute atomic E-state index is 11.6. The van der Waals surface area contributed by atoms with Gasteiger partial charge in [0.1, 0.15) is 25.4 Å². The molecule has 19 heavy (non-hydrogen) atoms. The summed E-state index contributed by atoms with van der Waals surface area (Å²) in [5.74, 6) is -1.09. The van der Waals surface area contributed by atoms with Crippen LogP contribution in [0.1, 0.15) is 38.5 Å². The molecule has 0 N–H and O–H groups in total. The summed E-state index contributed by atoms with van der Waals surface area (Å²) in [6, 6.07) is 0. The molecular weight excluding hydrogens is 252 g/mol. The summed E-state index contributed by atoms with van der Waals surface area (Å²) in [6.07, 6.45) is 4.35. The number of hydrogen-bond acceptors (Lipinski definition) is 6. The van der Waals surface area contributed by atoms with E-state index in [2.05, 4.69) is 0 Å². The Morgan fingerprint density at radius 3 is 2.11 bits per heavy atom. The molecule has 0 amide bonds. The maximum Gasteiger partial charge on any atom is 0.317 e. The fraction of sp³-hybridized carbons (Fsp3) is 0.846. The number of carbonyl (C=O) groups is 2. The summed E-state index contributed by atoms with van der Waals surface area (Å²) >= 11 is 0. The highest BCUT2D eigenvalue weighted by atomic mass is 16.7. The van der Waals surface area contributed by atoms with E-state index in [0.717, 1.165) is 25.7 Å². The molecule has 2 fully saturated rings. The van der Waals surface area contributed by atoms with Crippen LogP contribution in [0.25, 0.3) is 0 Å². The van der Waals surface area contributed by atoms with Crippen molar-refractivity contribution in [3.8, 4) is 0 Å². The molecular formula is C13H20O6. The molecule has 0 radical (unpaired) electrons. The van der Waals surface area contributed by atoms with Gasteiger partial charge in [0.15, 0.2) is 0 Å². The molecule has 0 aromatic rings. The van der Waals surface area contributed by atoms with Crippen molar-refractivity contribution >= 4 is 11.9 Å². The van der Waals surface area contributed by atoms with Crippen LogP contribution < -0.4 is 0 Å². The van der Waals surface area contributed by atoms with E-state index in [4.69, 9.17) is 18.9 Å². The third kappa shape index (κ3) is 5.16. The second-order valence-electron chi connectivity index (χ2n) is 4.90. The largest absolute Gasteiger partial charge is 0.462 e. The SMILES string of the molecule is O=C(CC(=O)OC1COCOC1)OC1CCCCC1. The predicted octanol–water partition coefficient (Wildman–Crippen LogP) is 1.17. The van der Waals surface area contributed by atoms with Gasteiger partial charge in [-0.2, -0.15) is 0 Å². The first-order chi connectivity index (χ1) is 9.24. The summed E-state index contributed by atoms with van der Waals surface area (Å²) in [5, 5.41) is 0. The van der Waals surface area contributed by atoms with Crippen molar-refractivity contribution in [2.75, 3.05) is 20.0 Å². The monoisotopic (exact) mass is 272 g/mol. The molecule has 0 atom stereocenters. The van der Waals surface area contributed by atoms with E-state index in [-0.39, 0.29) is 19.3 Å². The lowest BCUT2D eigenvalue weighted by atomic mass is 9.98. The minimum Gasteiger partial charge on any atom is -0.462 e. The van der Waals surface area contributed by atoms with Gasteiger partial charge in [-0.1, -0.05) is 6.42 Å². The normalized spacial score (nSPS) is 21.9. The summed E-state index contributed by atoms with van der Waals surface area (Å²) in [4.78, 5) is 23.1.